The fourth-order valence-electron chi connectivity index (χ4n) is 4.50. The molecule has 0 bridgehead atoms. The molecule has 3 fully saturated rings. The largest absolute Gasteiger partial charge is 0.444 e. The van der Waals surface area contributed by atoms with E-state index in [1.54, 1.807) is 12.1 Å². The van der Waals surface area contributed by atoms with Gasteiger partial charge >= 0.3 is 6.09 Å². The molecule has 1 aromatic rings. The molecule has 3 saturated heterocycles. The average Bonchev–Trinajstić information content (AvgIpc) is 3.02. The lowest BCUT2D eigenvalue weighted by atomic mass is 9.97. The van der Waals surface area contributed by atoms with Crippen LogP contribution >= 0.6 is 0 Å². The van der Waals surface area contributed by atoms with Gasteiger partial charge in [-0.1, -0.05) is 0 Å². The quantitative estimate of drug-likeness (QED) is 0.692. The van der Waals surface area contributed by atoms with E-state index >= 15 is 4.39 Å². The van der Waals surface area contributed by atoms with Gasteiger partial charge in [0.2, 0.25) is 5.91 Å². The number of piperidine rings is 1. The van der Waals surface area contributed by atoms with Gasteiger partial charge in [0.25, 0.3) is 0 Å². The first-order valence-corrected chi connectivity index (χ1v) is 11.6. The summed E-state index contributed by atoms with van der Waals surface area (Å²) in [4.78, 5) is 45.1. The molecular weight excluding hydrogens is 431 g/mol. The molecule has 0 spiro atoms. The number of carbonyl (C=O) groups excluding carboxylic acids is 3. The number of hydrogen-bond donors (Lipinski definition) is 1. The van der Waals surface area contributed by atoms with Crippen LogP contribution in [0.15, 0.2) is 18.2 Å². The number of cyclic esters (lactones) is 1. The van der Waals surface area contributed by atoms with Gasteiger partial charge in [-0.15, -0.1) is 0 Å². The molecule has 3 aliphatic heterocycles. The number of nitrogens with zero attached hydrogens (tertiary/aromatic N) is 3. The number of carbonyl (C=O) groups is 3. The molecule has 0 radical (unpaired) electrons. The normalized spacial score (nSPS) is 22.3. The minimum absolute atomic E-state index is 0.000966. The summed E-state index contributed by atoms with van der Waals surface area (Å²) in [6.45, 7) is 4.99. The van der Waals surface area contributed by atoms with Crippen LogP contribution in [0.1, 0.15) is 32.6 Å². The Hall–Kier alpha value is -2.72. The van der Waals surface area contributed by atoms with E-state index < -0.39 is 11.9 Å². The number of hydrogen-bond acceptors (Lipinski definition) is 7. The van der Waals surface area contributed by atoms with E-state index in [2.05, 4.69) is 5.32 Å². The zero-order valence-electron chi connectivity index (χ0n) is 18.9. The van der Waals surface area contributed by atoms with E-state index in [9.17, 15) is 14.4 Å². The number of ketones is 1. The molecule has 3 aliphatic rings. The topological polar surface area (TPSA) is 91.4 Å². The molecule has 33 heavy (non-hydrogen) atoms. The van der Waals surface area contributed by atoms with Gasteiger partial charge in [-0.3, -0.25) is 14.5 Å². The average molecular weight is 463 g/mol. The van der Waals surface area contributed by atoms with Crippen LogP contribution in [-0.2, 0) is 19.2 Å². The Morgan fingerprint density at radius 1 is 1.18 bits per heavy atom. The highest BCUT2D eigenvalue weighted by atomic mass is 19.1. The minimum atomic E-state index is -0.536. The fourth-order valence-corrected chi connectivity index (χ4v) is 4.50. The van der Waals surface area contributed by atoms with Crippen LogP contribution in [0.3, 0.4) is 0 Å². The zero-order chi connectivity index (χ0) is 23.4. The highest BCUT2D eigenvalue weighted by molar-refractivity contribution is 5.90. The molecule has 4 rings (SSSR count). The number of anilines is 2. The number of rotatable bonds is 6. The predicted molar refractivity (Wildman–Crippen MR) is 119 cm³/mol. The molecule has 3 heterocycles. The summed E-state index contributed by atoms with van der Waals surface area (Å²) in [5.74, 6) is -0.447. The Kier molecular flexibility index (Phi) is 7.44. The third-order valence-electron chi connectivity index (χ3n) is 6.39. The maximum absolute atomic E-state index is 15.1. The summed E-state index contributed by atoms with van der Waals surface area (Å²) < 4.78 is 20.4. The maximum Gasteiger partial charge on any atom is 0.414 e. The van der Waals surface area contributed by atoms with Gasteiger partial charge in [0.1, 0.15) is 17.7 Å². The van der Waals surface area contributed by atoms with Gasteiger partial charge < -0.3 is 19.7 Å². The standard InChI is InChI=1S/C23H31FN4O5/c1-16(29)2-4-19-15-27(23(31)33-19)18-3-5-21(20(24)14-18)26-10-11-28(32-13-12-26)22(30)17-6-8-25-9-7-17/h3,5,14,17,19,25H,2,4,6-13,15H2,1H3/t19-/m0/s1. The maximum atomic E-state index is 15.1. The zero-order valence-corrected chi connectivity index (χ0v) is 18.9. The summed E-state index contributed by atoms with van der Waals surface area (Å²) in [5.41, 5.74) is 0.819. The first kappa shape index (κ1) is 23.4. The van der Waals surface area contributed by atoms with Crippen molar-refractivity contribution in [3.8, 4) is 0 Å². The number of benzene rings is 1. The number of amides is 2. The summed E-state index contributed by atoms with van der Waals surface area (Å²) in [5, 5.41) is 4.69. The summed E-state index contributed by atoms with van der Waals surface area (Å²) in [6, 6.07) is 4.66. The number of ether oxygens (including phenoxy) is 1. The van der Waals surface area contributed by atoms with E-state index in [4.69, 9.17) is 9.57 Å². The van der Waals surface area contributed by atoms with Crippen molar-refractivity contribution in [3.05, 3.63) is 24.0 Å². The van der Waals surface area contributed by atoms with Gasteiger partial charge in [0.05, 0.1) is 31.1 Å². The summed E-state index contributed by atoms with van der Waals surface area (Å²) >= 11 is 0. The van der Waals surface area contributed by atoms with E-state index in [1.807, 2.05) is 4.90 Å². The highest BCUT2D eigenvalue weighted by Gasteiger charge is 2.33. The fraction of sp³-hybridized carbons (Fsp3) is 0.609. The third kappa shape index (κ3) is 5.62. The lowest BCUT2D eigenvalue weighted by molar-refractivity contribution is -0.187. The molecule has 1 aromatic carbocycles. The highest BCUT2D eigenvalue weighted by Crippen LogP contribution is 2.29. The lowest BCUT2D eigenvalue weighted by Gasteiger charge is -2.28. The molecule has 0 aromatic heterocycles. The minimum Gasteiger partial charge on any atom is -0.444 e. The molecule has 1 N–H and O–H groups in total. The number of Topliss-reactive ketones (excluding diaryl/α,β-unsaturated/α-hetero) is 1. The van der Waals surface area contributed by atoms with Crippen molar-refractivity contribution in [2.24, 2.45) is 5.92 Å². The second-order valence-electron chi connectivity index (χ2n) is 8.78. The molecule has 2 amide bonds. The molecule has 180 valence electrons. The summed E-state index contributed by atoms with van der Waals surface area (Å²) in [7, 11) is 0. The number of halogens is 1. The van der Waals surface area contributed by atoms with Gasteiger partial charge in [0.15, 0.2) is 0 Å². The lowest BCUT2D eigenvalue weighted by Crippen LogP contribution is -2.42. The van der Waals surface area contributed by atoms with Gasteiger partial charge in [-0.2, -0.15) is 0 Å². The first-order valence-electron chi connectivity index (χ1n) is 11.6. The van der Waals surface area contributed by atoms with Crippen molar-refractivity contribution in [2.75, 3.05) is 55.7 Å². The van der Waals surface area contributed by atoms with E-state index in [0.29, 0.717) is 43.9 Å². The van der Waals surface area contributed by atoms with Gasteiger partial charge in [0, 0.05) is 25.4 Å². The molecule has 10 heteroatoms. The molecule has 1 atom stereocenters. The molecule has 0 unspecified atom stereocenters. The SMILES string of the molecule is CC(=O)CC[C@H]1CN(c2ccc(N3CCON(C(=O)C4CCNCC4)CC3)c(F)c2)C(=O)O1. The Labute approximate surface area is 192 Å². The van der Waals surface area contributed by atoms with Crippen LogP contribution in [0, 0.1) is 11.7 Å². The second-order valence-corrected chi connectivity index (χ2v) is 8.78. The van der Waals surface area contributed by atoms with Crippen molar-refractivity contribution in [1.29, 1.82) is 0 Å². The van der Waals surface area contributed by atoms with E-state index in [-0.39, 0.29) is 36.9 Å². The van der Waals surface area contributed by atoms with Crippen LogP contribution in [-0.4, -0.2) is 74.8 Å². The van der Waals surface area contributed by atoms with Crippen molar-refractivity contribution in [1.82, 2.24) is 10.4 Å². The van der Waals surface area contributed by atoms with Crippen molar-refractivity contribution in [3.63, 3.8) is 0 Å². The third-order valence-corrected chi connectivity index (χ3v) is 6.39. The molecule has 9 nitrogen and oxygen atoms in total. The summed E-state index contributed by atoms with van der Waals surface area (Å²) in [6.07, 6.45) is 1.48. The van der Waals surface area contributed by atoms with E-state index in [0.717, 1.165) is 25.9 Å². The molecule has 0 saturated carbocycles. The van der Waals surface area contributed by atoms with Gasteiger partial charge in [-0.25, -0.2) is 14.2 Å². The Balaban J connectivity index is 1.37. The Bertz CT molecular complexity index is 892. The Morgan fingerprint density at radius 3 is 2.70 bits per heavy atom. The number of nitrogens with one attached hydrogen (secondary N) is 1. The Morgan fingerprint density at radius 2 is 1.97 bits per heavy atom. The van der Waals surface area contributed by atoms with Crippen LogP contribution in [0.2, 0.25) is 0 Å². The van der Waals surface area contributed by atoms with Crippen molar-refractivity contribution >= 4 is 29.2 Å². The second kappa shape index (κ2) is 10.5. The monoisotopic (exact) mass is 462 g/mol. The first-order chi connectivity index (χ1) is 15.9. The van der Waals surface area contributed by atoms with Gasteiger partial charge in [-0.05, 0) is 57.5 Å². The molecule has 0 aliphatic carbocycles. The van der Waals surface area contributed by atoms with Crippen molar-refractivity contribution < 1.29 is 28.3 Å². The van der Waals surface area contributed by atoms with Crippen molar-refractivity contribution in [2.45, 2.75) is 38.7 Å². The van der Waals surface area contributed by atoms with Crippen LogP contribution < -0.4 is 15.1 Å². The molecular formula is C23H31FN4O5. The van der Waals surface area contributed by atoms with Crippen LogP contribution in [0.5, 0.6) is 0 Å². The van der Waals surface area contributed by atoms with Crippen LogP contribution in [0.25, 0.3) is 0 Å². The predicted octanol–water partition coefficient (Wildman–Crippen LogP) is 2.10. The smallest absolute Gasteiger partial charge is 0.414 e. The van der Waals surface area contributed by atoms with Crippen LogP contribution in [0.4, 0.5) is 20.6 Å². The van der Waals surface area contributed by atoms with E-state index in [1.165, 1.54) is 23.0 Å². The number of hydroxylamine groups is 2.